The molecule has 0 aliphatic carbocycles. The molecule has 1 atom stereocenters. The van der Waals surface area contributed by atoms with Crippen molar-refractivity contribution < 1.29 is 13.2 Å². The normalized spacial score (nSPS) is 19.7. The lowest BCUT2D eigenvalue weighted by Gasteiger charge is -2.10. The van der Waals surface area contributed by atoms with E-state index in [-0.39, 0.29) is 16.1 Å². The Morgan fingerprint density at radius 3 is 2.50 bits per heavy atom. The Labute approximate surface area is 110 Å². The number of carbonyl (C=O) groups excluding carboxylic acids is 1. The fourth-order valence-corrected chi connectivity index (χ4v) is 3.41. The Bertz CT molecular complexity index is 534. The van der Waals surface area contributed by atoms with Crippen LogP contribution >= 0.6 is 11.8 Å². The monoisotopic (exact) mass is 286 g/mol. The largest absolute Gasteiger partial charge is 0.325 e. The Morgan fingerprint density at radius 1 is 1.33 bits per heavy atom. The van der Waals surface area contributed by atoms with Gasteiger partial charge >= 0.3 is 0 Å². The SMILES string of the molecule is NS(=O)(=O)c1ccc(NC(=O)C2CCCS2)cc1. The Hall–Kier alpha value is -1.05. The first kappa shape index (κ1) is 13.4. The van der Waals surface area contributed by atoms with Crippen LogP contribution in [-0.4, -0.2) is 25.3 Å². The molecule has 2 rings (SSSR count). The van der Waals surface area contributed by atoms with Crippen molar-refractivity contribution in [3.05, 3.63) is 24.3 Å². The molecule has 0 radical (unpaired) electrons. The molecule has 1 aromatic carbocycles. The smallest absolute Gasteiger partial charge is 0.238 e. The molecule has 1 fully saturated rings. The zero-order valence-electron chi connectivity index (χ0n) is 9.63. The Balaban J connectivity index is 2.04. The van der Waals surface area contributed by atoms with E-state index < -0.39 is 10.0 Å². The van der Waals surface area contributed by atoms with Crippen LogP contribution in [0.1, 0.15) is 12.8 Å². The van der Waals surface area contributed by atoms with E-state index in [1.165, 1.54) is 24.3 Å². The number of sulfonamides is 1. The highest BCUT2D eigenvalue weighted by Gasteiger charge is 2.23. The van der Waals surface area contributed by atoms with Gasteiger partial charge in [-0.25, -0.2) is 13.6 Å². The van der Waals surface area contributed by atoms with E-state index in [0.29, 0.717) is 5.69 Å². The van der Waals surface area contributed by atoms with Gasteiger partial charge in [0.15, 0.2) is 0 Å². The van der Waals surface area contributed by atoms with Crippen LogP contribution in [-0.2, 0) is 14.8 Å². The van der Waals surface area contributed by atoms with Crippen LogP contribution in [0.2, 0.25) is 0 Å². The Kier molecular flexibility index (Phi) is 3.94. The molecule has 18 heavy (non-hydrogen) atoms. The minimum absolute atomic E-state index is 0.00270. The van der Waals surface area contributed by atoms with Crippen molar-refractivity contribution in [2.24, 2.45) is 5.14 Å². The van der Waals surface area contributed by atoms with Crippen molar-refractivity contribution in [1.82, 2.24) is 0 Å². The molecule has 1 heterocycles. The van der Waals surface area contributed by atoms with Crippen molar-refractivity contribution in [3.8, 4) is 0 Å². The van der Waals surface area contributed by atoms with Crippen molar-refractivity contribution in [2.45, 2.75) is 23.0 Å². The summed E-state index contributed by atoms with van der Waals surface area (Å²) in [5.74, 6) is 0.989. The molecule has 0 spiro atoms. The van der Waals surface area contributed by atoms with Gasteiger partial charge < -0.3 is 5.32 Å². The van der Waals surface area contributed by atoms with Crippen LogP contribution in [0.3, 0.4) is 0 Å². The Morgan fingerprint density at radius 2 is 2.00 bits per heavy atom. The highest BCUT2D eigenvalue weighted by molar-refractivity contribution is 8.00. The summed E-state index contributed by atoms with van der Waals surface area (Å²) in [5.41, 5.74) is 0.583. The molecule has 1 aliphatic rings. The number of primary sulfonamides is 1. The number of hydrogen-bond acceptors (Lipinski definition) is 4. The minimum Gasteiger partial charge on any atom is -0.325 e. The third kappa shape index (κ3) is 3.24. The van der Waals surface area contributed by atoms with Gasteiger partial charge in [0.2, 0.25) is 15.9 Å². The van der Waals surface area contributed by atoms with Gasteiger partial charge in [-0.05, 0) is 42.9 Å². The summed E-state index contributed by atoms with van der Waals surface area (Å²) >= 11 is 1.65. The number of thioether (sulfide) groups is 1. The van der Waals surface area contributed by atoms with E-state index in [9.17, 15) is 13.2 Å². The van der Waals surface area contributed by atoms with Crippen molar-refractivity contribution in [1.29, 1.82) is 0 Å². The number of nitrogens with one attached hydrogen (secondary N) is 1. The first-order chi connectivity index (χ1) is 8.47. The van der Waals surface area contributed by atoms with Gasteiger partial charge in [-0.3, -0.25) is 4.79 Å². The fraction of sp³-hybridized carbons (Fsp3) is 0.364. The third-order valence-electron chi connectivity index (χ3n) is 2.67. The maximum Gasteiger partial charge on any atom is 0.238 e. The van der Waals surface area contributed by atoms with Crippen molar-refractivity contribution in [2.75, 3.05) is 11.1 Å². The molecule has 0 aromatic heterocycles. The van der Waals surface area contributed by atoms with E-state index in [1.54, 1.807) is 11.8 Å². The van der Waals surface area contributed by atoms with E-state index in [2.05, 4.69) is 5.32 Å². The van der Waals surface area contributed by atoms with Crippen LogP contribution in [0.5, 0.6) is 0 Å². The molecule has 1 amide bonds. The van der Waals surface area contributed by atoms with Crippen molar-refractivity contribution in [3.63, 3.8) is 0 Å². The molecule has 1 saturated heterocycles. The summed E-state index contributed by atoms with van der Waals surface area (Å²) in [6.07, 6.45) is 1.96. The summed E-state index contributed by atoms with van der Waals surface area (Å²) in [5, 5.41) is 7.76. The molecular weight excluding hydrogens is 272 g/mol. The molecule has 1 unspecified atom stereocenters. The maximum atomic E-state index is 11.8. The van der Waals surface area contributed by atoms with Crippen LogP contribution in [0.4, 0.5) is 5.69 Å². The number of benzene rings is 1. The van der Waals surface area contributed by atoms with Gasteiger partial charge in [0.25, 0.3) is 0 Å². The van der Waals surface area contributed by atoms with Gasteiger partial charge in [0.05, 0.1) is 10.1 Å². The molecule has 1 aromatic rings. The van der Waals surface area contributed by atoms with Gasteiger partial charge in [-0.2, -0.15) is 0 Å². The van der Waals surface area contributed by atoms with Crippen LogP contribution < -0.4 is 10.5 Å². The van der Waals surface area contributed by atoms with Gasteiger partial charge in [0, 0.05) is 5.69 Å². The standard InChI is InChI=1S/C11H14N2O3S2/c12-18(15,16)9-5-3-8(4-6-9)13-11(14)10-2-1-7-17-10/h3-6,10H,1-2,7H2,(H,13,14)(H2,12,15,16). The molecule has 5 nitrogen and oxygen atoms in total. The van der Waals surface area contributed by atoms with Gasteiger partial charge in [0.1, 0.15) is 0 Å². The predicted octanol–water partition coefficient (Wildman–Crippen LogP) is 1.17. The van der Waals surface area contributed by atoms with E-state index in [1.807, 2.05) is 0 Å². The third-order valence-corrected chi connectivity index (χ3v) is 4.98. The fourth-order valence-electron chi connectivity index (χ4n) is 1.74. The van der Waals surface area contributed by atoms with E-state index in [4.69, 9.17) is 5.14 Å². The highest BCUT2D eigenvalue weighted by Crippen LogP contribution is 2.27. The van der Waals surface area contributed by atoms with Crippen molar-refractivity contribution >= 4 is 33.4 Å². The zero-order valence-corrected chi connectivity index (χ0v) is 11.3. The summed E-state index contributed by atoms with van der Waals surface area (Å²) < 4.78 is 22.1. The minimum atomic E-state index is -3.68. The lowest BCUT2D eigenvalue weighted by atomic mass is 10.2. The predicted molar refractivity (Wildman–Crippen MR) is 71.9 cm³/mol. The second kappa shape index (κ2) is 5.29. The topological polar surface area (TPSA) is 89.3 Å². The van der Waals surface area contributed by atoms with Crippen LogP contribution in [0.15, 0.2) is 29.2 Å². The number of nitrogens with two attached hydrogens (primary N) is 1. The van der Waals surface area contributed by atoms with Gasteiger partial charge in [-0.15, -0.1) is 11.8 Å². The quantitative estimate of drug-likeness (QED) is 0.873. The second-order valence-corrected chi connectivity index (χ2v) is 6.93. The summed E-state index contributed by atoms with van der Waals surface area (Å²) in [7, 11) is -3.68. The average molecular weight is 286 g/mol. The van der Waals surface area contributed by atoms with Gasteiger partial charge in [-0.1, -0.05) is 0 Å². The van der Waals surface area contributed by atoms with E-state index in [0.717, 1.165) is 18.6 Å². The molecule has 98 valence electrons. The number of anilines is 1. The van der Waals surface area contributed by atoms with Crippen LogP contribution in [0, 0.1) is 0 Å². The first-order valence-corrected chi connectivity index (χ1v) is 8.12. The lowest BCUT2D eigenvalue weighted by Crippen LogP contribution is -2.22. The summed E-state index contributed by atoms with van der Waals surface area (Å²) in [6.45, 7) is 0. The average Bonchev–Trinajstić information content (AvgIpc) is 2.82. The highest BCUT2D eigenvalue weighted by atomic mass is 32.2. The lowest BCUT2D eigenvalue weighted by molar-refractivity contribution is -0.115. The first-order valence-electron chi connectivity index (χ1n) is 5.52. The van der Waals surface area contributed by atoms with Crippen LogP contribution in [0.25, 0.3) is 0 Å². The summed E-state index contributed by atoms with van der Waals surface area (Å²) in [6, 6.07) is 5.84. The molecule has 1 aliphatic heterocycles. The molecule has 0 bridgehead atoms. The second-order valence-electron chi connectivity index (χ2n) is 4.06. The summed E-state index contributed by atoms with van der Waals surface area (Å²) in [4.78, 5) is 11.9. The maximum absolute atomic E-state index is 11.8. The molecule has 0 saturated carbocycles. The number of carbonyl (C=O) groups is 1. The van der Waals surface area contributed by atoms with E-state index >= 15 is 0 Å². The zero-order chi connectivity index (χ0) is 13.2. The number of rotatable bonds is 3. The molecule has 3 N–H and O–H groups in total. The number of amides is 1. The number of hydrogen-bond donors (Lipinski definition) is 2. The molecular formula is C11H14N2O3S2. The molecule has 7 heteroatoms.